The van der Waals surface area contributed by atoms with Gasteiger partial charge in [0, 0.05) is 36.6 Å². The molecule has 1 aliphatic rings. The van der Waals surface area contributed by atoms with E-state index in [0.29, 0.717) is 11.3 Å². The zero-order valence-electron chi connectivity index (χ0n) is 14.0. The monoisotopic (exact) mass is 323 g/mol. The van der Waals surface area contributed by atoms with Crippen LogP contribution in [0.15, 0.2) is 41.4 Å². The molecule has 0 radical (unpaired) electrons. The lowest BCUT2D eigenvalue weighted by Gasteiger charge is -2.17. The molecule has 5 heteroatoms. The molecule has 0 unspecified atom stereocenters. The van der Waals surface area contributed by atoms with E-state index in [-0.39, 0.29) is 10.6 Å². The fourth-order valence-electron chi connectivity index (χ4n) is 2.98. The first kappa shape index (κ1) is 16.2. The second kappa shape index (κ2) is 6.83. The van der Waals surface area contributed by atoms with Gasteiger partial charge in [-0.1, -0.05) is 12.1 Å². The Morgan fingerprint density at radius 1 is 1.12 bits per heavy atom. The Balaban J connectivity index is 1.79. The van der Waals surface area contributed by atoms with Gasteiger partial charge in [0.05, 0.1) is 10.6 Å². The number of hydrogen-bond acceptors (Lipinski definition) is 4. The van der Waals surface area contributed by atoms with E-state index in [1.54, 1.807) is 13.1 Å². The summed E-state index contributed by atoms with van der Waals surface area (Å²) in [6.45, 7) is 5.88. The normalized spacial score (nSPS) is 14.5. The summed E-state index contributed by atoms with van der Waals surface area (Å²) in [6.07, 6.45) is 4.27. The van der Waals surface area contributed by atoms with Crippen LogP contribution < -0.4 is 4.90 Å². The number of aryl methyl sites for hydroxylation is 1. The first-order chi connectivity index (χ1) is 11.5. The Labute approximate surface area is 141 Å². The SMILES string of the molecule is Cc1cc(N=Cc2ccc(N3CCCC3)cc2)cc([N+](=O)[O-])c1C. The number of aliphatic imine (C=N–C) groups is 1. The summed E-state index contributed by atoms with van der Waals surface area (Å²) in [6, 6.07) is 11.7. The highest BCUT2D eigenvalue weighted by Gasteiger charge is 2.14. The molecule has 3 rings (SSSR count). The molecule has 0 spiro atoms. The predicted molar refractivity (Wildman–Crippen MR) is 97.7 cm³/mol. The third-order valence-electron chi connectivity index (χ3n) is 4.55. The molecule has 0 saturated carbocycles. The molecule has 2 aromatic carbocycles. The minimum absolute atomic E-state index is 0.117. The van der Waals surface area contributed by atoms with E-state index in [2.05, 4.69) is 22.0 Å². The first-order valence-corrected chi connectivity index (χ1v) is 8.19. The summed E-state index contributed by atoms with van der Waals surface area (Å²) < 4.78 is 0. The Hall–Kier alpha value is -2.69. The average Bonchev–Trinajstić information content (AvgIpc) is 3.10. The van der Waals surface area contributed by atoms with Crippen molar-refractivity contribution in [2.24, 2.45) is 4.99 Å². The largest absolute Gasteiger partial charge is 0.372 e. The minimum atomic E-state index is -0.355. The van der Waals surface area contributed by atoms with Gasteiger partial charge in [0.1, 0.15) is 0 Å². The maximum atomic E-state index is 11.1. The smallest absolute Gasteiger partial charge is 0.274 e. The number of nitro benzene ring substituents is 1. The molecule has 0 N–H and O–H groups in total. The Morgan fingerprint density at radius 2 is 1.79 bits per heavy atom. The van der Waals surface area contributed by atoms with Crippen LogP contribution in [0.25, 0.3) is 0 Å². The predicted octanol–water partition coefficient (Wildman–Crippen LogP) is 4.56. The van der Waals surface area contributed by atoms with Gasteiger partial charge in [-0.2, -0.15) is 0 Å². The van der Waals surface area contributed by atoms with E-state index < -0.39 is 0 Å². The average molecular weight is 323 g/mol. The van der Waals surface area contributed by atoms with E-state index in [1.165, 1.54) is 24.6 Å². The lowest BCUT2D eigenvalue weighted by Crippen LogP contribution is -2.17. The molecule has 124 valence electrons. The highest BCUT2D eigenvalue weighted by molar-refractivity contribution is 5.83. The number of benzene rings is 2. The van der Waals surface area contributed by atoms with Crippen molar-refractivity contribution in [3.8, 4) is 0 Å². The van der Waals surface area contributed by atoms with Crippen LogP contribution in [0.2, 0.25) is 0 Å². The van der Waals surface area contributed by atoms with Crippen LogP contribution in [0.5, 0.6) is 0 Å². The molecule has 1 saturated heterocycles. The summed E-state index contributed by atoms with van der Waals surface area (Å²) in [5, 5.41) is 11.1. The second-order valence-electron chi connectivity index (χ2n) is 6.21. The standard InChI is InChI=1S/C19H21N3O2/c1-14-11-17(12-19(15(14)2)22(23)24)20-13-16-5-7-18(8-6-16)21-9-3-4-10-21/h5-8,11-13H,3-4,9-10H2,1-2H3. The zero-order chi connectivity index (χ0) is 17.1. The second-order valence-corrected chi connectivity index (χ2v) is 6.21. The Morgan fingerprint density at radius 3 is 2.42 bits per heavy atom. The van der Waals surface area contributed by atoms with Crippen molar-refractivity contribution in [1.82, 2.24) is 0 Å². The molecule has 0 aliphatic carbocycles. The molecule has 1 heterocycles. The van der Waals surface area contributed by atoms with E-state index in [0.717, 1.165) is 24.2 Å². The zero-order valence-corrected chi connectivity index (χ0v) is 14.0. The van der Waals surface area contributed by atoms with E-state index in [9.17, 15) is 10.1 Å². The van der Waals surface area contributed by atoms with E-state index >= 15 is 0 Å². The van der Waals surface area contributed by atoms with Gasteiger partial charge < -0.3 is 4.90 Å². The van der Waals surface area contributed by atoms with Crippen LogP contribution >= 0.6 is 0 Å². The summed E-state index contributed by atoms with van der Waals surface area (Å²) in [4.78, 5) is 17.5. The van der Waals surface area contributed by atoms with Gasteiger partial charge in [-0.15, -0.1) is 0 Å². The number of rotatable bonds is 4. The molecule has 0 aromatic heterocycles. The molecule has 0 bridgehead atoms. The number of nitrogens with zero attached hydrogens (tertiary/aromatic N) is 3. The maximum Gasteiger partial charge on any atom is 0.274 e. The van der Waals surface area contributed by atoms with Crippen molar-refractivity contribution in [2.45, 2.75) is 26.7 Å². The number of anilines is 1. The van der Waals surface area contributed by atoms with Crippen molar-refractivity contribution in [3.63, 3.8) is 0 Å². The maximum absolute atomic E-state index is 11.1. The highest BCUT2D eigenvalue weighted by Crippen LogP contribution is 2.28. The van der Waals surface area contributed by atoms with Crippen LogP contribution in [0.4, 0.5) is 17.1 Å². The van der Waals surface area contributed by atoms with Gasteiger partial charge >= 0.3 is 0 Å². The summed E-state index contributed by atoms with van der Waals surface area (Å²) in [5.74, 6) is 0. The molecular formula is C19H21N3O2. The Kier molecular flexibility index (Phi) is 4.60. The highest BCUT2D eigenvalue weighted by atomic mass is 16.6. The van der Waals surface area contributed by atoms with Crippen molar-refractivity contribution in [1.29, 1.82) is 0 Å². The lowest BCUT2D eigenvalue weighted by atomic mass is 10.1. The van der Waals surface area contributed by atoms with Crippen molar-refractivity contribution in [3.05, 3.63) is 63.2 Å². The summed E-state index contributed by atoms with van der Waals surface area (Å²) >= 11 is 0. The van der Waals surface area contributed by atoms with Crippen molar-refractivity contribution < 1.29 is 4.92 Å². The van der Waals surface area contributed by atoms with Gasteiger partial charge in [0.2, 0.25) is 0 Å². The molecule has 24 heavy (non-hydrogen) atoms. The lowest BCUT2D eigenvalue weighted by molar-refractivity contribution is -0.385. The molecule has 1 aliphatic heterocycles. The first-order valence-electron chi connectivity index (χ1n) is 8.19. The molecule has 1 fully saturated rings. The van der Waals surface area contributed by atoms with E-state index in [4.69, 9.17) is 0 Å². The minimum Gasteiger partial charge on any atom is -0.372 e. The quantitative estimate of drug-likeness (QED) is 0.471. The molecule has 2 aromatic rings. The van der Waals surface area contributed by atoms with Crippen LogP contribution in [0.1, 0.15) is 29.5 Å². The fourth-order valence-corrected chi connectivity index (χ4v) is 2.98. The summed E-state index contributed by atoms with van der Waals surface area (Å²) in [5.41, 5.74) is 4.51. The van der Waals surface area contributed by atoms with Crippen molar-refractivity contribution >= 4 is 23.3 Å². The van der Waals surface area contributed by atoms with Gasteiger partial charge in [-0.25, -0.2) is 0 Å². The van der Waals surface area contributed by atoms with Gasteiger partial charge in [-0.3, -0.25) is 15.1 Å². The molecule has 0 atom stereocenters. The molecule has 5 nitrogen and oxygen atoms in total. The van der Waals surface area contributed by atoms with Crippen LogP contribution in [-0.2, 0) is 0 Å². The number of nitro groups is 1. The fraction of sp³-hybridized carbons (Fsp3) is 0.316. The third-order valence-corrected chi connectivity index (χ3v) is 4.55. The van der Waals surface area contributed by atoms with E-state index in [1.807, 2.05) is 25.1 Å². The van der Waals surface area contributed by atoms with Crippen molar-refractivity contribution in [2.75, 3.05) is 18.0 Å². The van der Waals surface area contributed by atoms with Crippen LogP contribution in [0.3, 0.4) is 0 Å². The number of hydrogen-bond donors (Lipinski definition) is 0. The van der Waals surface area contributed by atoms with Crippen LogP contribution in [0, 0.1) is 24.0 Å². The molecule has 0 amide bonds. The van der Waals surface area contributed by atoms with Gasteiger partial charge in [0.15, 0.2) is 0 Å². The van der Waals surface area contributed by atoms with Gasteiger partial charge in [-0.05, 0) is 56.0 Å². The van der Waals surface area contributed by atoms with Gasteiger partial charge in [0.25, 0.3) is 5.69 Å². The van der Waals surface area contributed by atoms with Crippen LogP contribution in [-0.4, -0.2) is 24.2 Å². The molecular weight excluding hydrogens is 302 g/mol. The summed E-state index contributed by atoms with van der Waals surface area (Å²) in [7, 11) is 0. The topological polar surface area (TPSA) is 58.7 Å². The Bertz CT molecular complexity index is 776. The third kappa shape index (κ3) is 3.45.